The Morgan fingerprint density at radius 3 is 0.961 bits per heavy atom. The molecule has 3 aliphatic heterocycles. The zero-order valence-corrected chi connectivity index (χ0v) is 81.2. The zero-order chi connectivity index (χ0) is 91.8. The Bertz CT molecular complexity index is 5380. The minimum absolute atomic E-state index is 0.129. The van der Waals surface area contributed by atoms with E-state index in [0.29, 0.717) is 47.9 Å². The summed E-state index contributed by atoms with van der Waals surface area (Å²) in [5.74, 6) is 4.34. The zero-order valence-electron chi connectivity index (χ0n) is 81.2. The summed E-state index contributed by atoms with van der Waals surface area (Å²) < 4.78 is 69.3. The Hall–Kier alpha value is -10.1. The minimum atomic E-state index is -0.159. The molecule has 692 valence electrons. The fraction of sp³-hybridized carbons (Fsp3) is 0.477. The van der Waals surface area contributed by atoms with Crippen molar-refractivity contribution in [3.8, 4) is 28.7 Å². The number of methoxy groups -OCH3 is 5. The molecule has 17 rings (SSSR count). The number of fused-ring (bicyclic) bond motifs is 7. The van der Waals surface area contributed by atoms with Crippen molar-refractivity contribution in [3.05, 3.63) is 224 Å². The number of likely N-dealkylation sites (tertiary alicyclic amines) is 3. The number of piperidine rings is 2. The standard InChI is InChI=1S/2C16H22N2O.2C16H24N2O.C15H20N2O.2C14H19FN2/c2*1-17-9-4-3-5-14(17)12-18-10-8-13-11-15(19-2)6-7-16(13)18;2*1-5-6-14(17(2)3)12-18-10-9-13-11-15(19-4)7-8-16(13)18;1-16-8-3-4-13(16)11-17-9-7-12-10-14(18-2)5-6-15(12)17;1-10-7-14-12(8-13(10)15)5-6-17(14)9-11(2)16(3)4;1-10-7-13(15)8-12-5-6-17(14(10)12)9-11(2)16(3)4/h2*6-8,10-11,14H,3-5,9,12H2,1-2H3;2*7-11,14H,5-6,12H2,1-4H3;5-7,9-10,13H,3-4,8,11H2,1-2H3;2*5-8,11H,9H2,1-4H3/t4*14-;13-;2*11-/m1010011/s1. The molecular weight excluding hydrogens is 1600 g/mol. The molecule has 0 radical (unpaired) electrons. The summed E-state index contributed by atoms with van der Waals surface area (Å²) in [6.45, 7) is 23.5. The first-order chi connectivity index (χ1) is 61.6. The molecule has 14 aromatic rings. The van der Waals surface area contributed by atoms with E-state index in [9.17, 15) is 8.78 Å². The monoisotopic (exact) mass is 1750 g/mol. The third-order valence-corrected chi connectivity index (χ3v) is 26.9. The second-order valence-corrected chi connectivity index (χ2v) is 36.7. The number of benzene rings is 7. The molecule has 0 spiro atoms. The van der Waals surface area contributed by atoms with Gasteiger partial charge in [0, 0.05) is 202 Å². The van der Waals surface area contributed by atoms with Gasteiger partial charge in [-0.3, -0.25) is 0 Å². The molecule has 10 heterocycles. The van der Waals surface area contributed by atoms with Crippen LogP contribution >= 0.6 is 0 Å². The Morgan fingerprint density at radius 2 is 0.633 bits per heavy atom. The van der Waals surface area contributed by atoms with Crippen LogP contribution in [0.5, 0.6) is 28.7 Å². The smallest absolute Gasteiger partial charge is 0.126 e. The van der Waals surface area contributed by atoms with Crippen LogP contribution in [0.4, 0.5) is 8.78 Å². The highest BCUT2D eigenvalue weighted by atomic mass is 19.1. The maximum atomic E-state index is 13.4. The number of nitrogens with zero attached hydrogens (tertiary/aromatic N) is 14. The van der Waals surface area contributed by atoms with E-state index in [1.165, 1.54) is 151 Å². The maximum Gasteiger partial charge on any atom is 0.126 e. The first-order valence-electron chi connectivity index (χ1n) is 46.5. The van der Waals surface area contributed by atoms with E-state index in [0.717, 1.165) is 102 Å². The van der Waals surface area contributed by atoms with E-state index in [-0.39, 0.29) is 11.6 Å². The lowest BCUT2D eigenvalue weighted by molar-refractivity contribution is 0.169. The van der Waals surface area contributed by atoms with Crippen LogP contribution < -0.4 is 23.7 Å². The summed E-state index contributed by atoms with van der Waals surface area (Å²) >= 11 is 0. The van der Waals surface area contributed by atoms with Gasteiger partial charge in [-0.15, -0.1) is 0 Å². The lowest BCUT2D eigenvalue weighted by Crippen LogP contribution is -2.38. The molecule has 128 heavy (non-hydrogen) atoms. The van der Waals surface area contributed by atoms with Crippen molar-refractivity contribution in [3.63, 3.8) is 0 Å². The van der Waals surface area contributed by atoms with Crippen LogP contribution in [0, 0.1) is 25.5 Å². The van der Waals surface area contributed by atoms with Gasteiger partial charge >= 0.3 is 0 Å². The third kappa shape index (κ3) is 26.1. The van der Waals surface area contributed by atoms with Gasteiger partial charge < -0.3 is 90.0 Å². The van der Waals surface area contributed by atoms with E-state index >= 15 is 0 Å². The van der Waals surface area contributed by atoms with Crippen molar-refractivity contribution in [1.29, 1.82) is 0 Å². The van der Waals surface area contributed by atoms with Gasteiger partial charge in [0.2, 0.25) is 0 Å². The van der Waals surface area contributed by atoms with Gasteiger partial charge in [0.1, 0.15) is 40.4 Å². The molecule has 0 bridgehead atoms. The Morgan fingerprint density at radius 1 is 0.328 bits per heavy atom. The van der Waals surface area contributed by atoms with Crippen LogP contribution in [0.2, 0.25) is 0 Å². The van der Waals surface area contributed by atoms with Gasteiger partial charge in [0.25, 0.3) is 0 Å². The molecule has 0 amide bonds. The highest BCUT2D eigenvalue weighted by Crippen LogP contribution is 2.32. The van der Waals surface area contributed by atoms with E-state index in [2.05, 4.69) is 293 Å². The molecular formula is C107H150F2N14O5. The van der Waals surface area contributed by atoms with Crippen molar-refractivity contribution in [1.82, 2.24) is 66.3 Å². The first kappa shape index (κ1) is 98.5. The largest absolute Gasteiger partial charge is 0.497 e. The van der Waals surface area contributed by atoms with Crippen molar-refractivity contribution in [2.24, 2.45) is 0 Å². The predicted octanol–water partition coefficient (Wildman–Crippen LogP) is 21.9. The Balaban J connectivity index is 0.000000145. The van der Waals surface area contributed by atoms with Crippen molar-refractivity contribution in [2.45, 2.75) is 207 Å². The van der Waals surface area contributed by atoms with Crippen LogP contribution in [0.1, 0.15) is 116 Å². The minimum Gasteiger partial charge on any atom is -0.497 e. The summed E-state index contributed by atoms with van der Waals surface area (Å²) in [5, 5.41) is 8.22. The Labute approximate surface area is 762 Å². The normalized spacial score (nSPS) is 16.6. The first-order valence-corrected chi connectivity index (χ1v) is 46.5. The molecule has 7 atom stereocenters. The number of hydrogen-bond acceptors (Lipinski definition) is 12. The van der Waals surface area contributed by atoms with E-state index in [4.69, 9.17) is 23.7 Å². The van der Waals surface area contributed by atoms with E-state index in [1.54, 1.807) is 53.7 Å². The van der Waals surface area contributed by atoms with Crippen LogP contribution in [-0.2, 0) is 45.8 Å². The Kier molecular flexibility index (Phi) is 36.5. The van der Waals surface area contributed by atoms with E-state index < -0.39 is 0 Å². The fourth-order valence-electron chi connectivity index (χ4n) is 18.2. The highest BCUT2D eigenvalue weighted by molar-refractivity contribution is 5.86. The quantitative estimate of drug-likeness (QED) is 0.0490. The van der Waals surface area contributed by atoms with Crippen molar-refractivity contribution < 1.29 is 32.5 Å². The van der Waals surface area contributed by atoms with Gasteiger partial charge in [-0.25, -0.2) is 8.78 Å². The summed E-state index contributed by atoms with van der Waals surface area (Å²) in [5.41, 5.74) is 10.4. The molecule has 7 aromatic carbocycles. The SMILES string of the molecule is CCC[C@@H](Cn1ccc2cc(OC)ccc21)N(C)C.CCC[C@H](Cn1ccc2cc(OC)ccc21)N(C)C.COc1ccc2c(ccn2C[C@@H]2CCCCN2C)c1.COc1ccc2c(ccn2C[C@@H]2CCCN2C)c1.COc1ccc2c(ccn2C[C@H]2CCCCN2C)c1.Cc1cc(F)cc2ccn(C[C@@H](C)N(C)C)c12.Cc1cc2c(ccn2C[C@@H](C)N(C)C)cc1F. The average molecular weight is 1750 g/mol. The topological polar surface area (TPSA) is 103 Å². The number of rotatable bonds is 27. The molecule has 0 saturated carbocycles. The molecule has 19 nitrogen and oxygen atoms in total. The number of likely N-dealkylation sites (N-methyl/N-ethyl adjacent to an activating group) is 7. The molecule has 21 heteroatoms. The second kappa shape index (κ2) is 47.5. The van der Waals surface area contributed by atoms with Crippen molar-refractivity contribution >= 4 is 76.3 Å². The fourth-order valence-corrected chi connectivity index (χ4v) is 18.2. The summed E-state index contributed by atoms with van der Waals surface area (Å²) in [4.78, 5) is 16.5. The molecule has 3 aliphatic rings. The van der Waals surface area contributed by atoms with Crippen LogP contribution in [0.3, 0.4) is 0 Å². The van der Waals surface area contributed by atoms with Gasteiger partial charge in [-0.05, 0) is 345 Å². The van der Waals surface area contributed by atoms with Gasteiger partial charge in [0.05, 0.1) is 41.1 Å². The van der Waals surface area contributed by atoms with E-state index in [1.807, 2.05) is 74.8 Å². The summed E-state index contributed by atoms with van der Waals surface area (Å²) in [7, 11) is 32.2. The molecule has 0 N–H and O–H groups in total. The number of halogens is 2. The van der Waals surface area contributed by atoms with Crippen LogP contribution in [0.25, 0.3) is 76.3 Å². The molecule has 3 fully saturated rings. The van der Waals surface area contributed by atoms with Crippen molar-refractivity contribution in [2.75, 3.05) is 133 Å². The molecule has 0 unspecified atom stereocenters. The molecule has 3 saturated heterocycles. The highest BCUT2D eigenvalue weighted by Gasteiger charge is 2.25. The second-order valence-electron chi connectivity index (χ2n) is 36.7. The van der Waals surface area contributed by atoms with Gasteiger partial charge in [-0.2, -0.15) is 0 Å². The number of aryl methyl sites for hydroxylation is 2. The number of hydrogen-bond donors (Lipinski definition) is 0. The molecule has 7 aromatic heterocycles. The lowest BCUT2D eigenvalue weighted by Gasteiger charge is -2.32. The number of aromatic nitrogens is 7. The number of ether oxygens (including phenoxy) is 5. The van der Waals surface area contributed by atoms with Gasteiger partial charge in [-0.1, -0.05) is 39.5 Å². The lowest BCUT2D eigenvalue weighted by atomic mass is 10.0. The third-order valence-electron chi connectivity index (χ3n) is 26.9. The predicted molar refractivity (Wildman–Crippen MR) is 533 cm³/mol. The maximum absolute atomic E-state index is 13.4. The average Bonchev–Trinajstić information content (AvgIpc) is 1.64. The van der Waals surface area contributed by atoms with Gasteiger partial charge in [0.15, 0.2) is 0 Å². The van der Waals surface area contributed by atoms with Crippen LogP contribution in [-0.4, -0.2) is 241 Å². The summed E-state index contributed by atoms with van der Waals surface area (Å²) in [6.07, 6.45) is 30.6. The van der Waals surface area contributed by atoms with Crippen LogP contribution in [0.15, 0.2) is 201 Å². The summed E-state index contributed by atoms with van der Waals surface area (Å²) in [6, 6.07) is 57.1. The molecule has 0 aliphatic carbocycles.